The Hall–Kier alpha value is -2.85. The lowest BCUT2D eigenvalue weighted by Gasteiger charge is -2.26. The largest absolute Gasteiger partial charge is 0.496 e. The Labute approximate surface area is 172 Å². The Kier molecular flexibility index (Phi) is 6.11. The maximum absolute atomic E-state index is 12.8. The van der Waals surface area contributed by atoms with Gasteiger partial charge >= 0.3 is 0 Å². The molecule has 4 heteroatoms. The van der Waals surface area contributed by atoms with Gasteiger partial charge in [0, 0.05) is 13.1 Å². The van der Waals surface area contributed by atoms with Crippen LogP contribution in [0.2, 0.25) is 0 Å². The molecule has 0 bridgehead atoms. The predicted molar refractivity (Wildman–Crippen MR) is 117 cm³/mol. The van der Waals surface area contributed by atoms with Crippen LogP contribution >= 0.6 is 0 Å². The first-order valence-electron chi connectivity index (χ1n) is 10.4. The van der Waals surface area contributed by atoms with E-state index in [-0.39, 0.29) is 5.91 Å². The minimum atomic E-state index is -0.117. The van der Waals surface area contributed by atoms with Crippen LogP contribution in [0, 0.1) is 0 Å². The molecule has 1 heterocycles. The molecule has 1 amide bonds. The molecule has 0 atom stereocenters. The summed E-state index contributed by atoms with van der Waals surface area (Å²) < 4.78 is 5.46. The van der Waals surface area contributed by atoms with Crippen LogP contribution < -0.4 is 10.1 Å². The lowest BCUT2D eigenvalue weighted by Crippen LogP contribution is -2.29. The molecule has 1 N–H and O–H groups in total. The molecular formula is C25H28N2O2. The molecule has 0 radical (unpaired) electrons. The highest BCUT2D eigenvalue weighted by molar-refractivity contribution is 6.01. The summed E-state index contributed by atoms with van der Waals surface area (Å²) in [4.78, 5) is 15.4. The van der Waals surface area contributed by atoms with Crippen molar-refractivity contribution in [1.29, 1.82) is 0 Å². The highest BCUT2D eigenvalue weighted by atomic mass is 16.5. The molecule has 29 heavy (non-hydrogen) atoms. The van der Waals surface area contributed by atoms with Crippen LogP contribution in [-0.2, 0) is 13.1 Å². The summed E-state index contributed by atoms with van der Waals surface area (Å²) in [6.45, 7) is 3.86. The van der Waals surface area contributed by atoms with Gasteiger partial charge in [0.05, 0.1) is 12.7 Å². The summed E-state index contributed by atoms with van der Waals surface area (Å²) in [5.74, 6) is 0.481. The van der Waals surface area contributed by atoms with E-state index in [4.69, 9.17) is 4.74 Å². The summed E-state index contributed by atoms with van der Waals surface area (Å²) in [6, 6.07) is 20.3. The Bertz CT molecular complexity index is 993. The first-order valence-corrected chi connectivity index (χ1v) is 10.4. The van der Waals surface area contributed by atoms with Crippen molar-refractivity contribution in [3.63, 3.8) is 0 Å². The average molecular weight is 389 g/mol. The monoisotopic (exact) mass is 388 g/mol. The third kappa shape index (κ3) is 4.77. The third-order valence-corrected chi connectivity index (χ3v) is 5.61. The fourth-order valence-corrected chi connectivity index (χ4v) is 4.06. The highest BCUT2D eigenvalue weighted by Gasteiger charge is 2.14. The van der Waals surface area contributed by atoms with Crippen LogP contribution in [-0.4, -0.2) is 31.0 Å². The van der Waals surface area contributed by atoms with E-state index in [0.717, 1.165) is 22.9 Å². The Morgan fingerprint density at radius 1 is 0.931 bits per heavy atom. The molecule has 4 rings (SSSR count). The maximum Gasteiger partial charge on any atom is 0.255 e. The molecule has 0 aromatic heterocycles. The molecular weight excluding hydrogens is 360 g/mol. The number of nitrogens with zero attached hydrogens (tertiary/aromatic N) is 1. The Morgan fingerprint density at radius 3 is 2.41 bits per heavy atom. The minimum Gasteiger partial charge on any atom is -0.496 e. The topological polar surface area (TPSA) is 41.6 Å². The number of methoxy groups -OCH3 is 1. The predicted octanol–water partition coefficient (Wildman–Crippen LogP) is 4.76. The maximum atomic E-state index is 12.8. The summed E-state index contributed by atoms with van der Waals surface area (Å²) >= 11 is 0. The molecule has 3 aromatic rings. The Morgan fingerprint density at radius 2 is 1.66 bits per heavy atom. The molecule has 1 aliphatic heterocycles. The van der Waals surface area contributed by atoms with Crippen molar-refractivity contribution in [3.8, 4) is 5.75 Å². The molecule has 0 unspecified atom stereocenters. The fraction of sp³-hybridized carbons (Fsp3) is 0.320. The average Bonchev–Trinajstić information content (AvgIpc) is 2.77. The number of carbonyl (C=O) groups is 1. The SMILES string of the molecule is COc1cc2ccccc2cc1C(=O)NCc1cccc(CN2CCCCC2)c1. The second-order valence-electron chi connectivity index (χ2n) is 7.74. The molecule has 0 spiro atoms. The molecule has 0 saturated carbocycles. The number of hydrogen-bond donors (Lipinski definition) is 1. The standard InChI is InChI=1S/C25H28N2O2/c1-29-24-16-22-11-4-3-10-21(22)15-23(24)25(28)26-17-19-8-7-9-20(14-19)18-27-12-5-2-6-13-27/h3-4,7-11,14-16H,2,5-6,12-13,17-18H2,1H3,(H,26,28). The number of ether oxygens (including phenoxy) is 1. The van der Waals surface area contributed by atoms with Crippen LogP contribution in [0.3, 0.4) is 0 Å². The van der Waals surface area contributed by atoms with E-state index in [9.17, 15) is 4.79 Å². The minimum absolute atomic E-state index is 0.117. The van der Waals surface area contributed by atoms with Crippen LogP contribution in [0.5, 0.6) is 5.75 Å². The number of fused-ring (bicyclic) bond motifs is 1. The van der Waals surface area contributed by atoms with Crippen LogP contribution in [0.15, 0.2) is 60.7 Å². The lowest BCUT2D eigenvalue weighted by atomic mass is 10.0. The van der Waals surface area contributed by atoms with Gasteiger partial charge in [-0.1, -0.05) is 55.0 Å². The molecule has 1 fully saturated rings. The number of likely N-dealkylation sites (tertiary alicyclic amines) is 1. The second kappa shape index (κ2) is 9.10. The lowest BCUT2D eigenvalue weighted by molar-refractivity contribution is 0.0948. The van der Waals surface area contributed by atoms with Gasteiger partial charge in [0.15, 0.2) is 0 Å². The smallest absolute Gasteiger partial charge is 0.255 e. The second-order valence-corrected chi connectivity index (χ2v) is 7.74. The number of carbonyl (C=O) groups excluding carboxylic acids is 1. The van der Waals surface area contributed by atoms with Crippen molar-refractivity contribution >= 4 is 16.7 Å². The van der Waals surface area contributed by atoms with Gasteiger partial charge in [-0.05, 0) is 60.0 Å². The normalized spacial score (nSPS) is 14.7. The molecule has 1 saturated heterocycles. The van der Waals surface area contributed by atoms with E-state index in [0.29, 0.717) is 17.9 Å². The van der Waals surface area contributed by atoms with Gasteiger partial charge in [0.2, 0.25) is 0 Å². The van der Waals surface area contributed by atoms with Crippen LogP contribution in [0.1, 0.15) is 40.7 Å². The number of rotatable bonds is 6. The van der Waals surface area contributed by atoms with Crippen LogP contribution in [0.25, 0.3) is 10.8 Å². The van der Waals surface area contributed by atoms with Gasteiger partial charge in [-0.2, -0.15) is 0 Å². The fourth-order valence-electron chi connectivity index (χ4n) is 4.06. The number of nitrogens with one attached hydrogen (secondary N) is 1. The summed E-state index contributed by atoms with van der Waals surface area (Å²) in [7, 11) is 1.60. The first-order chi connectivity index (χ1) is 14.2. The van der Waals surface area contributed by atoms with E-state index >= 15 is 0 Å². The van der Waals surface area contributed by atoms with E-state index in [2.05, 4.69) is 34.5 Å². The first kappa shape index (κ1) is 19.5. The van der Waals surface area contributed by atoms with Crippen molar-refractivity contribution in [2.24, 2.45) is 0 Å². The van der Waals surface area contributed by atoms with Gasteiger partial charge in [-0.15, -0.1) is 0 Å². The molecule has 0 aliphatic carbocycles. The van der Waals surface area contributed by atoms with Crippen molar-refractivity contribution < 1.29 is 9.53 Å². The summed E-state index contributed by atoms with van der Waals surface area (Å²) in [5, 5.41) is 5.14. The zero-order chi connectivity index (χ0) is 20.1. The van der Waals surface area contributed by atoms with E-state index in [1.165, 1.54) is 37.9 Å². The van der Waals surface area contributed by atoms with Crippen molar-refractivity contribution in [2.45, 2.75) is 32.4 Å². The Balaban J connectivity index is 1.44. The third-order valence-electron chi connectivity index (χ3n) is 5.61. The van der Waals surface area contributed by atoms with Gasteiger partial charge in [0.1, 0.15) is 5.75 Å². The van der Waals surface area contributed by atoms with Gasteiger partial charge in [0.25, 0.3) is 5.91 Å². The van der Waals surface area contributed by atoms with Crippen LogP contribution in [0.4, 0.5) is 0 Å². The number of hydrogen-bond acceptors (Lipinski definition) is 3. The van der Waals surface area contributed by atoms with Gasteiger partial charge in [-0.3, -0.25) is 9.69 Å². The van der Waals surface area contributed by atoms with E-state index in [1.807, 2.05) is 36.4 Å². The van der Waals surface area contributed by atoms with Crippen molar-refractivity contribution in [1.82, 2.24) is 10.2 Å². The molecule has 3 aromatic carbocycles. The van der Waals surface area contributed by atoms with Crippen molar-refractivity contribution in [3.05, 3.63) is 77.4 Å². The number of amides is 1. The quantitative estimate of drug-likeness (QED) is 0.662. The highest BCUT2D eigenvalue weighted by Crippen LogP contribution is 2.26. The molecule has 150 valence electrons. The zero-order valence-electron chi connectivity index (χ0n) is 17.0. The van der Waals surface area contributed by atoms with E-state index < -0.39 is 0 Å². The zero-order valence-corrected chi connectivity index (χ0v) is 17.0. The summed E-state index contributed by atoms with van der Waals surface area (Å²) in [6.07, 6.45) is 3.94. The van der Waals surface area contributed by atoms with E-state index in [1.54, 1.807) is 7.11 Å². The number of benzene rings is 3. The van der Waals surface area contributed by atoms with Gasteiger partial charge < -0.3 is 10.1 Å². The molecule has 4 nitrogen and oxygen atoms in total. The van der Waals surface area contributed by atoms with Gasteiger partial charge in [-0.25, -0.2) is 0 Å². The summed E-state index contributed by atoms with van der Waals surface area (Å²) in [5.41, 5.74) is 2.99. The number of piperidine rings is 1. The van der Waals surface area contributed by atoms with Crippen molar-refractivity contribution in [2.75, 3.05) is 20.2 Å². The molecule has 1 aliphatic rings.